The summed E-state index contributed by atoms with van der Waals surface area (Å²) in [6.07, 6.45) is 3.58. The molecular formula is C12H26O2. The summed E-state index contributed by atoms with van der Waals surface area (Å²) in [6, 6.07) is 0. The van der Waals surface area contributed by atoms with Gasteiger partial charge in [-0.1, -0.05) is 13.8 Å². The van der Waals surface area contributed by atoms with Crippen molar-refractivity contribution in [3.63, 3.8) is 0 Å². The number of aliphatic hydroxyl groups excluding tert-OH is 2. The Kier molecular flexibility index (Phi) is 7.20. The normalized spacial score (nSPS) is 20.1. The van der Waals surface area contributed by atoms with E-state index in [9.17, 15) is 0 Å². The number of hydrogen-bond acceptors (Lipinski definition) is 2. The Morgan fingerprint density at radius 1 is 0.643 bits per heavy atom. The SMILES string of the molecule is CC(O)CCC(C)C(C)CCC(C)O. The molecule has 86 valence electrons. The monoisotopic (exact) mass is 202 g/mol. The van der Waals surface area contributed by atoms with Crippen LogP contribution in [0.3, 0.4) is 0 Å². The van der Waals surface area contributed by atoms with Crippen molar-refractivity contribution < 1.29 is 10.2 Å². The van der Waals surface area contributed by atoms with Crippen molar-refractivity contribution >= 4 is 0 Å². The van der Waals surface area contributed by atoms with E-state index in [-0.39, 0.29) is 12.2 Å². The lowest BCUT2D eigenvalue weighted by molar-refractivity contribution is 0.153. The summed E-state index contributed by atoms with van der Waals surface area (Å²) in [6.45, 7) is 8.14. The van der Waals surface area contributed by atoms with Crippen LogP contribution in [0, 0.1) is 11.8 Å². The van der Waals surface area contributed by atoms with Crippen LogP contribution in [0.2, 0.25) is 0 Å². The molecule has 0 spiro atoms. The third kappa shape index (κ3) is 7.34. The summed E-state index contributed by atoms with van der Waals surface area (Å²) >= 11 is 0. The Hall–Kier alpha value is -0.0800. The average Bonchev–Trinajstić information content (AvgIpc) is 2.09. The highest BCUT2D eigenvalue weighted by Gasteiger charge is 2.13. The first-order valence-corrected chi connectivity index (χ1v) is 5.79. The van der Waals surface area contributed by atoms with E-state index < -0.39 is 0 Å². The van der Waals surface area contributed by atoms with Gasteiger partial charge in [0, 0.05) is 0 Å². The van der Waals surface area contributed by atoms with Crippen LogP contribution in [0.4, 0.5) is 0 Å². The summed E-state index contributed by atoms with van der Waals surface area (Å²) in [4.78, 5) is 0. The minimum atomic E-state index is -0.179. The molecule has 2 N–H and O–H groups in total. The Labute approximate surface area is 88.3 Å². The van der Waals surface area contributed by atoms with Gasteiger partial charge in [-0.05, 0) is 51.4 Å². The molecule has 2 nitrogen and oxygen atoms in total. The molecule has 0 saturated carbocycles. The Balaban J connectivity index is 3.59. The van der Waals surface area contributed by atoms with Crippen LogP contribution in [0.5, 0.6) is 0 Å². The number of hydrogen-bond donors (Lipinski definition) is 2. The molecule has 4 atom stereocenters. The minimum absolute atomic E-state index is 0.179. The zero-order valence-corrected chi connectivity index (χ0v) is 10.0. The largest absolute Gasteiger partial charge is 0.393 e. The summed E-state index contributed by atoms with van der Waals surface area (Å²) in [5, 5.41) is 18.3. The second kappa shape index (κ2) is 7.24. The predicted molar refractivity (Wildman–Crippen MR) is 60.2 cm³/mol. The molecular weight excluding hydrogens is 176 g/mol. The van der Waals surface area contributed by atoms with Crippen LogP contribution in [0.15, 0.2) is 0 Å². The van der Waals surface area contributed by atoms with E-state index in [0.717, 1.165) is 25.7 Å². The van der Waals surface area contributed by atoms with Crippen LogP contribution in [-0.2, 0) is 0 Å². The zero-order valence-electron chi connectivity index (χ0n) is 10.0. The highest BCUT2D eigenvalue weighted by Crippen LogP contribution is 2.22. The van der Waals surface area contributed by atoms with Gasteiger partial charge in [0.15, 0.2) is 0 Å². The second-order valence-electron chi connectivity index (χ2n) is 4.81. The lowest BCUT2D eigenvalue weighted by atomic mass is 9.87. The molecule has 0 radical (unpaired) electrons. The fourth-order valence-corrected chi connectivity index (χ4v) is 1.58. The molecule has 0 aliphatic carbocycles. The third-order valence-electron chi connectivity index (χ3n) is 3.05. The highest BCUT2D eigenvalue weighted by molar-refractivity contribution is 4.65. The van der Waals surface area contributed by atoms with E-state index in [1.807, 2.05) is 13.8 Å². The summed E-state index contributed by atoms with van der Waals surface area (Å²) in [5.41, 5.74) is 0. The molecule has 0 bridgehead atoms. The first kappa shape index (κ1) is 13.9. The van der Waals surface area contributed by atoms with Crippen LogP contribution < -0.4 is 0 Å². The van der Waals surface area contributed by atoms with Crippen LogP contribution in [0.25, 0.3) is 0 Å². The van der Waals surface area contributed by atoms with E-state index >= 15 is 0 Å². The average molecular weight is 202 g/mol. The molecule has 0 saturated heterocycles. The molecule has 0 aromatic carbocycles. The molecule has 0 fully saturated rings. The Morgan fingerprint density at radius 2 is 0.929 bits per heavy atom. The van der Waals surface area contributed by atoms with Gasteiger partial charge in [0.25, 0.3) is 0 Å². The van der Waals surface area contributed by atoms with E-state index in [1.165, 1.54) is 0 Å². The van der Waals surface area contributed by atoms with Crippen molar-refractivity contribution in [2.24, 2.45) is 11.8 Å². The number of rotatable bonds is 7. The van der Waals surface area contributed by atoms with Gasteiger partial charge in [-0.25, -0.2) is 0 Å². The minimum Gasteiger partial charge on any atom is -0.393 e. The third-order valence-corrected chi connectivity index (χ3v) is 3.05. The van der Waals surface area contributed by atoms with Crippen LogP contribution in [0.1, 0.15) is 53.4 Å². The quantitative estimate of drug-likeness (QED) is 0.666. The zero-order chi connectivity index (χ0) is 11.1. The van der Waals surface area contributed by atoms with Gasteiger partial charge in [0.05, 0.1) is 12.2 Å². The Bertz CT molecular complexity index is 116. The van der Waals surface area contributed by atoms with Gasteiger partial charge in [-0.2, -0.15) is 0 Å². The Morgan fingerprint density at radius 3 is 1.14 bits per heavy atom. The van der Waals surface area contributed by atoms with Crippen molar-refractivity contribution in [1.29, 1.82) is 0 Å². The molecule has 4 unspecified atom stereocenters. The molecule has 0 amide bonds. The van der Waals surface area contributed by atoms with Gasteiger partial charge in [-0.15, -0.1) is 0 Å². The summed E-state index contributed by atoms with van der Waals surface area (Å²) in [7, 11) is 0. The van der Waals surface area contributed by atoms with E-state index in [2.05, 4.69) is 13.8 Å². The molecule has 0 rings (SSSR count). The highest BCUT2D eigenvalue weighted by atomic mass is 16.3. The lowest BCUT2D eigenvalue weighted by Gasteiger charge is -2.21. The molecule has 0 aromatic rings. The summed E-state index contributed by atoms with van der Waals surface area (Å²) < 4.78 is 0. The van der Waals surface area contributed by atoms with Gasteiger partial charge in [-0.3, -0.25) is 0 Å². The maximum atomic E-state index is 9.16. The van der Waals surface area contributed by atoms with Crippen molar-refractivity contribution in [1.82, 2.24) is 0 Å². The predicted octanol–water partition coefficient (Wildman–Crippen LogP) is 2.58. The maximum Gasteiger partial charge on any atom is 0.0512 e. The van der Waals surface area contributed by atoms with Crippen molar-refractivity contribution in [3.8, 4) is 0 Å². The van der Waals surface area contributed by atoms with E-state index in [0.29, 0.717) is 11.8 Å². The van der Waals surface area contributed by atoms with Crippen molar-refractivity contribution in [3.05, 3.63) is 0 Å². The molecule has 0 aromatic heterocycles. The lowest BCUT2D eigenvalue weighted by Crippen LogP contribution is -2.13. The van der Waals surface area contributed by atoms with Crippen molar-refractivity contribution in [2.45, 2.75) is 65.6 Å². The molecule has 0 aliphatic rings. The van der Waals surface area contributed by atoms with Gasteiger partial charge in [0.2, 0.25) is 0 Å². The van der Waals surface area contributed by atoms with Gasteiger partial charge in [0.1, 0.15) is 0 Å². The van der Waals surface area contributed by atoms with Crippen LogP contribution >= 0.6 is 0 Å². The van der Waals surface area contributed by atoms with Crippen LogP contribution in [-0.4, -0.2) is 22.4 Å². The maximum absolute atomic E-state index is 9.16. The topological polar surface area (TPSA) is 40.5 Å². The fourth-order valence-electron chi connectivity index (χ4n) is 1.58. The molecule has 0 heterocycles. The number of aliphatic hydroxyl groups is 2. The standard InChI is InChI=1S/C12H26O2/c1-9(5-7-11(3)13)10(2)6-8-12(4)14/h9-14H,5-8H2,1-4H3. The molecule has 2 heteroatoms. The second-order valence-corrected chi connectivity index (χ2v) is 4.81. The molecule has 0 aliphatic heterocycles. The summed E-state index contributed by atoms with van der Waals surface area (Å²) in [5.74, 6) is 1.28. The van der Waals surface area contributed by atoms with Crippen molar-refractivity contribution in [2.75, 3.05) is 0 Å². The molecule has 14 heavy (non-hydrogen) atoms. The smallest absolute Gasteiger partial charge is 0.0512 e. The first-order chi connectivity index (χ1) is 6.43. The fraction of sp³-hybridized carbons (Fsp3) is 1.00. The van der Waals surface area contributed by atoms with E-state index in [4.69, 9.17) is 10.2 Å². The van der Waals surface area contributed by atoms with E-state index in [1.54, 1.807) is 0 Å². The van der Waals surface area contributed by atoms with Gasteiger partial charge < -0.3 is 10.2 Å². The van der Waals surface area contributed by atoms with Gasteiger partial charge >= 0.3 is 0 Å². The first-order valence-electron chi connectivity index (χ1n) is 5.79.